The van der Waals surface area contributed by atoms with Crippen molar-refractivity contribution in [2.45, 2.75) is 84.4 Å². The molecule has 1 aliphatic rings. The molecule has 1 unspecified atom stereocenters. The van der Waals surface area contributed by atoms with Crippen molar-refractivity contribution in [2.24, 2.45) is 4.99 Å². The van der Waals surface area contributed by atoms with E-state index in [2.05, 4.69) is 41.4 Å². The molecule has 1 amide bonds. The molecule has 0 radical (unpaired) electrons. The highest BCUT2D eigenvalue weighted by Crippen LogP contribution is 2.22. The van der Waals surface area contributed by atoms with Crippen LogP contribution in [0.25, 0.3) is 0 Å². The summed E-state index contributed by atoms with van der Waals surface area (Å²) in [5.41, 5.74) is -0.566. The van der Waals surface area contributed by atoms with Gasteiger partial charge in [0.25, 0.3) is 0 Å². The fraction of sp³-hybridized carbons (Fsp3) is 0.762. The number of hydrogen-bond donors (Lipinski definition) is 2. The molecule has 8 heteroatoms. The van der Waals surface area contributed by atoms with Gasteiger partial charge in [0.15, 0.2) is 5.96 Å². The molecule has 8 nitrogen and oxygen atoms in total. The van der Waals surface area contributed by atoms with E-state index in [1.165, 1.54) is 0 Å². The van der Waals surface area contributed by atoms with E-state index in [1.807, 2.05) is 25.7 Å². The van der Waals surface area contributed by atoms with Crippen molar-refractivity contribution in [3.8, 4) is 0 Å². The highest BCUT2D eigenvalue weighted by Gasteiger charge is 2.30. The fourth-order valence-electron chi connectivity index (χ4n) is 3.11. The van der Waals surface area contributed by atoms with E-state index in [0.29, 0.717) is 24.9 Å². The van der Waals surface area contributed by atoms with Crippen LogP contribution in [0.3, 0.4) is 0 Å². The molecule has 1 aliphatic heterocycles. The van der Waals surface area contributed by atoms with Gasteiger partial charge in [0.1, 0.15) is 11.4 Å². The van der Waals surface area contributed by atoms with Gasteiger partial charge >= 0.3 is 6.09 Å². The first-order chi connectivity index (χ1) is 13.5. The van der Waals surface area contributed by atoms with E-state index >= 15 is 0 Å². The van der Waals surface area contributed by atoms with Gasteiger partial charge in [0, 0.05) is 25.6 Å². The topological polar surface area (TPSA) is 92.0 Å². The van der Waals surface area contributed by atoms with Gasteiger partial charge in [-0.25, -0.2) is 9.78 Å². The molecule has 2 heterocycles. The zero-order chi connectivity index (χ0) is 21.7. The van der Waals surface area contributed by atoms with Crippen molar-refractivity contribution in [2.75, 3.05) is 20.1 Å². The molecule has 2 rings (SSSR count). The van der Waals surface area contributed by atoms with Gasteiger partial charge < -0.3 is 24.7 Å². The molecule has 0 aromatic carbocycles. The van der Waals surface area contributed by atoms with Crippen molar-refractivity contribution in [3.05, 3.63) is 17.8 Å². The van der Waals surface area contributed by atoms with Gasteiger partial charge in [-0.2, -0.15) is 0 Å². The lowest BCUT2D eigenvalue weighted by Gasteiger charge is -2.37. The highest BCUT2D eigenvalue weighted by atomic mass is 16.6. The van der Waals surface area contributed by atoms with Crippen LogP contribution in [0, 0.1) is 0 Å². The first-order valence-electron chi connectivity index (χ1n) is 10.4. The molecule has 2 N–H and O–H groups in total. The lowest BCUT2D eigenvalue weighted by molar-refractivity contribution is 0.0104. The maximum atomic E-state index is 12.5. The predicted octanol–water partition coefficient (Wildman–Crippen LogP) is 3.43. The Morgan fingerprint density at radius 2 is 2.00 bits per heavy atom. The second-order valence-electron chi connectivity index (χ2n) is 9.50. The Morgan fingerprint density at radius 3 is 2.59 bits per heavy atom. The average molecular weight is 408 g/mol. The Balaban J connectivity index is 1.88. The van der Waals surface area contributed by atoms with Gasteiger partial charge in [0.05, 0.1) is 18.8 Å². The molecule has 1 aromatic heterocycles. The van der Waals surface area contributed by atoms with Crippen molar-refractivity contribution >= 4 is 12.1 Å². The van der Waals surface area contributed by atoms with Crippen molar-refractivity contribution in [1.29, 1.82) is 0 Å². The minimum absolute atomic E-state index is 0.0721. The monoisotopic (exact) mass is 407 g/mol. The van der Waals surface area contributed by atoms with Gasteiger partial charge in [-0.15, -0.1) is 0 Å². The van der Waals surface area contributed by atoms with Crippen LogP contribution in [0.4, 0.5) is 4.79 Å². The number of carbonyl (C=O) groups is 1. The molecule has 1 fully saturated rings. The third-order valence-corrected chi connectivity index (χ3v) is 4.68. The number of amides is 1. The normalized spacial score (nSPS) is 18.5. The van der Waals surface area contributed by atoms with Crippen molar-refractivity contribution in [3.63, 3.8) is 0 Å². The largest absolute Gasteiger partial charge is 0.444 e. The molecule has 0 aliphatic carbocycles. The van der Waals surface area contributed by atoms with Crippen molar-refractivity contribution in [1.82, 2.24) is 20.5 Å². The summed E-state index contributed by atoms with van der Waals surface area (Å²) >= 11 is 0. The summed E-state index contributed by atoms with van der Waals surface area (Å²) in [4.78, 5) is 23.0. The van der Waals surface area contributed by atoms with Crippen LogP contribution in [0.1, 0.15) is 72.5 Å². The van der Waals surface area contributed by atoms with E-state index < -0.39 is 5.60 Å². The van der Waals surface area contributed by atoms with Crippen LogP contribution in [-0.4, -0.2) is 53.7 Å². The van der Waals surface area contributed by atoms with Crippen LogP contribution in [0.5, 0.6) is 0 Å². The summed E-state index contributed by atoms with van der Waals surface area (Å²) < 4.78 is 11.4. The lowest BCUT2D eigenvalue weighted by Crippen LogP contribution is -2.52. The standard InChI is InChI=1S/C21H37N5O3/c1-20(2,3)16-13-23-17(28-16)14-25-18(22-7)24-12-15-10-8-9-11-26(15)19(27)29-21(4,5)6/h13,15H,8-12,14H2,1-7H3,(H2,22,24,25). The smallest absolute Gasteiger partial charge is 0.410 e. The number of likely N-dealkylation sites (tertiary alicyclic amines) is 1. The van der Waals surface area contributed by atoms with Crippen LogP contribution < -0.4 is 10.6 Å². The van der Waals surface area contributed by atoms with E-state index in [4.69, 9.17) is 9.15 Å². The second-order valence-corrected chi connectivity index (χ2v) is 9.50. The van der Waals surface area contributed by atoms with E-state index in [-0.39, 0.29) is 17.6 Å². The van der Waals surface area contributed by atoms with Crippen LogP contribution in [-0.2, 0) is 16.7 Å². The van der Waals surface area contributed by atoms with Gasteiger partial charge in [-0.05, 0) is 40.0 Å². The van der Waals surface area contributed by atoms with E-state index in [0.717, 1.165) is 31.6 Å². The highest BCUT2D eigenvalue weighted by molar-refractivity contribution is 5.79. The first-order valence-corrected chi connectivity index (χ1v) is 10.4. The number of nitrogens with zero attached hydrogens (tertiary/aromatic N) is 3. The van der Waals surface area contributed by atoms with E-state index in [1.54, 1.807) is 13.2 Å². The van der Waals surface area contributed by atoms with Crippen LogP contribution >= 0.6 is 0 Å². The molecule has 1 atom stereocenters. The predicted molar refractivity (Wildman–Crippen MR) is 114 cm³/mol. The molecular weight excluding hydrogens is 370 g/mol. The number of hydrogen-bond acceptors (Lipinski definition) is 5. The third-order valence-electron chi connectivity index (χ3n) is 4.68. The van der Waals surface area contributed by atoms with Gasteiger partial charge in [0.2, 0.25) is 5.89 Å². The number of aromatic nitrogens is 1. The minimum atomic E-state index is -0.494. The molecule has 164 valence electrons. The first kappa shape index (κ1) is 23.0. The number of nitrogens with one attached hydrogen (secondary N) is 2. The van der Waals surface area contributed by atoms with Crippen molar-refractivity contribution < 1.29 is 13.9 Å². The van der Waals surface area contributed by atoms with E-state index in [9.17, 15) is 4.79 Å². The summed E-state index contributed by atoms with van der Waals surface area (Å²) in [5, 5.41) is 6.53. The van der Waals surface area contributed by atoms with Gasteiger partial charge in [-0.3, -0.25) is 4.99 Å². The minimum Gasteiger partial charge on any atom is -0.444 e. The maximum absolute atomic E-state index is 12.5. The molecule has 0 bridgehead atoms. The molecule has 0 saturated carbocycles. The number of aliphatic imine (C=N–C) groups is 1. The lowest BCUT2D eigenvalue weighted by atomic mass is 9.94. The molecule has 0 spiro atoms. The second kappa shape index (κ2) is 9.50. The van der Waals surface area contributed by atoms with Gasteiger partial charge in [-0.1, -0.05) is 20.8 Å². The Bertz CT molecular complexity index is 700. The number of ether oxygens (including phenoxy) is 1. The number of oxazole rings is 1. The Hall–Kier alpha value is -2.25. The summed E-state index contributed by atoms with van der Waals surface area (Å²) in [6.45, 7) is 13.7. The molecule has 29 heavy (non-hydrogen) atoms. The summed E-state index contributed by atoms with van der Waals surface area (Å²) in [6, 6.07) is 0.0754. The number of rotatable bonds is 4. The summed E-state index contributed by atoms with van der Waals surface area (Å²) in [5.74, 6) is 2.12. The number of piperidine rings is 1. The molecule has 1 aromatic rings. The average Bonchev–Trinajstić information content (AvgIpc) is 3.10. The Kier molecular flexibility index (Phi) is 7.54. The fourth-order valence-corrected chi connectivity index (χ4v) is 3.11. The summed E-state index contributed by atoms with van der Waals surface area (Å²) in [6.07, 6.45) is 4.57. The Morgan fingerprint density at radius 1 is 1.28 bits per heavy atom. The maximum Gasteiger partial charge on any atom is 0.410 e. The third kappa shape index (κ3) is 7.25. The molecular formula is C21H37N5O3. The molecule has 1 saturated heterocycles. The zero-order valence-electron chi connectivity index (χ0n) is 19.0. The van der Waals surface area contributed by atoms with Crippen LogP contribution in [0.15, 0.2) is 15.6 Å². The zero-order valence-corrected chi connectivity index (χ0v) is 19.0. The SMILES string of the molecule is CN=C(NCc1ncc(C(C)(C)C)o1)NCC1CCCCN1C(=O)OC(C)(C)C. The summed E-state index contributed by atoms with van der Waals surface area (Å²) in [7, 11) is 1.72. The number of carbonyl (C=O) groups excluding carboxylic acids is 1. The Labute approximate surface area is 174 Å². The van der Waals surface area contributed by atoms with Crippen LogP contribution in [0.2, 0.25) is 0 Å². The number of guanidine groups is 1. The quantitative estimate of drug-likeness (QED) is 0.587.